The molecule has 5 N–H and O–H groups in total. The molecule has 14 nitrogen and oxygen atoms in total. The molecule has 2 aliphatic rings. The zero-order valence-electron chi connectivity index (χ0n) is 20.7. The van der Waals surface area contributed by atoms with Crippen molar-refractivity contribution in [2.24, 2.45) is 5.73 Å². The van der Waals surface area contributed by atoms with Gasteiger partial charge in [-0.1, -0.05) is 24.3 Å². The molecule has 1 fully saturated rings. The standard InChI is InChI=1S/C24H23N7O7S2/c25-8-13-4-2-1-3-12(13)7-16(32)26-19-21(35)30-20(23(36)37)14(11-40-22(19)30)10-39-17-6-5-15-27-29(9-18(33)34)24(38)31(15)28-17/h1-6,19,22H,7-11,25H2,(H,26,32)(H,33,34)(H,36,37)/t19?,22-/m1/s1. The molecule has 4 heterocycles. The molecule has 0 bridgehead atoms. The molecule has 0 aliphatic carbocycles. The Labute approximate surface area is 234 Å². The fourth-order valence-electron chi connectivity index (χ4n) is 4.48. The van der Waals surface area contributed by atoms with E-state index in [0.717, 1.165) is 32.1 Å². The summed E-state index contributed by atoms with van der Waals surface area (Å²) in [5, 5.41) is 29.5. The SMILES string of the molecule is NCc1ccccc1CC(=O)NC1C(=O)N2C(C(=O)O)=C(CSc3ccc4nn(CC(=O)O)c(=O)n4n3)CS[C@H]12. The Morgan fingerprint density at radius 1 is 1.10 bits per heavy atom. The number of hydrogen-bond acceptors (Lipinski definition) is 10. The van der Waals surface area contributed by atoms with E-state index in [0.29, 0.717) is 16.4 Å². The van der Waals surface area contributed by atoms with Gasteiger partial charge in [-0.25, -0.2) is 9.59 Å². The molecule has 2 atom stereocenters. The summed E-state index contributed by atoms with van der Waals surface area (Å²) >= 11 is 2.51. The van der Waals surface area contributed by atoms with Crippen LogP contribution in [-0.2, 0) is 38.7 Å². The Morgan fingerprint density at radius 2 is 1.85 bits per heavy atom. The molecule has 0 spiro atoms. The van der Waals surface area contributed by atoms with Crippen LogP contribution >= 0.6 is 23.5 Å². The van der Waals surface area contributed by atoms with Crippen LogP contribution in [0, 0.1) is 0 Å². The first kappa shape index (κ1) is 27.4. The van der Waals surface area contributed by atoms with Gasteiger partial charge in [-0.3, -0.25) is 19.3 Å². The normalized spacial score (nSPS) is 18.4. The van der Waals surface area contributed by atoms with Crippen LogP contribution in [-0.4, -0.2) is 81.2 Å². The van der Waals surface area contributed by atoms with Crippen molar-refractivity contribution in [2.75, 3.05) is 11.5 Å². The number of thioether (sulfide) groups is 2. The van der Waals surface area contributed by atoms with E-state index in [9.17, 15) is 29.1 Å². The molecular weight excluding hydrogens is 562 g/mol. The topological polar surface area (TPSA) is 202 Å². The molecule has 2 amide bonds. The van der Waals surface area contributed by atoms with Crippen molar-refractivity contribution in [3.8, 4) is 0 Å². The van der Waals surface area contributed by atoms with Crippen LogP contribution in [0.2, 0.25) is 0 Å². The molecule has 0 radical (unpaired) electrons. The van der Waals surface area contributed by atoms with Gasteiger partial charge < -0.3 is 21.3 Å². The van der Waals surface area contributed by atoms with Crippen molar-refractivity contribution in [1.82, 2.24) is 29.6 Å². The molecule has 1 unspecified atom stereocenters. The molecule has 1 saturated heterocycles. The third kappa shape index (κ3) is 5.20. The fraction of sp³-hybridized carbons (Fsp3) is 0.292. The Kier molecular flexibility index (Phi) is 7.64. The number of aromatic nitrogens is 4. The van der Waals surface area contributed by atoms with Gasteiger partial charge in [0.2, 0.25) is 5.91 Å². The minimum atomic E-state index is -1.26. The molecular formula is C24H23N7O7S2. The number of β-lactam (4-membered cyclic amide) rings is 1. The van der Waals surface area contributed by atoms with Crippen molar-refractivity contribution < 1.29 is 29.4 Å². The maximum Gasteiger partial charge on any atom is 0.367 e. The third-order valence-electron chi connectivity index (χ3n) is 6.35. The number of hydrogen-bond donors (Lipinski definition) is 4. The van der Waals surface area contributed by atoms with Gasteiger partial charge in [0.15, 0.2) is 5.65 Å². The summed E-state index contributed by atoms with van der Waals surface area (Å²) in [6.07, 6.45) is 0.0493. The number of carboxylic acid groups (broad SMARTS) is 2. The first-order chi connectivity index (χ1) is 19.2. The van der Waals surface area contributed by atoms with Gasteiger partial charge in [0, 0.05) is 18.1 Å². The number of carboxylic acids is 2. The van der Waals surface area contributed by atoms with Crippen molar-refractivity contribution in [2.45, 2.75) is 36.0 Å². The summed E-state index contributed by atoms with van der Waals surface area (Å²) < 4.78 is 1.76. The van der Waals surface area contributed by atoms with Gasteiger partial charge in [0.25, 0.3) is 5.91 Å². The molecule has 16 heteroatoms. The van der Waals surface area contributed by atoms with E-state index in [4.69, 9.17) is 10.8 Å². The van der Waals surface area contributed by atoms with Gasteiger partial charge in [0.1, 0.15) is 28.7 Å². The first-order valence-electron chi connectivity index (χ1n) is 12.0. The lowest BCUT2D eigenvalue weighted by Gasteiger charge is -2.49. The van der Waals surface area contributed by atoms with Crippen LogP contribution in [0.1, 0.15) is 11.1 Å². The summed E-state index contributed by atoms with van der Waals surface area (Å²) in [6, 6.07) is 9.51. The molecule has 0 saturated carbocycles. The largest absolute Gasteiger partial charge is 0.480 e. The van der Waals surface area contributed by atoms with E-state index >= 15 is 0 Å². The Bertz CT molecular complexity index is 1630. The van der Waals surface area contributed by atoms with Gasteiger partial charge in [-0.15, -0.1) is 28.6 Å². The zero-order chi connectivity index (χ0) is 28.6. The first-order valence-corrected chi connectivity index (χ1v) is 14.0. The maximum absolute atomic E-state index is 13.0. The highest BCUT2D eigenvalue weighted by molar-refractivity contribution is 8.01. The predicted octanol–water partition coefficient (Wildman–Crippen LogP) is -0.492. The Balaban J connectivity index is 1.28. The maximum atomic E-state index is 13.0. The van der Waals surface area contributed by atoms with E-state index in [1.807, 2.05) is 12.1 Å². The monoisotopic (exact) mass is 585 g/mol. The molecule has 1 aromatic carbocycles. The summed E-state index contributed by atoms with van der Waals surface area (Å²) in [5.41, 5.74) is 7.14. The van der Waals surface area contributed by atoms with Crippen molar-refractivity contribution >= 4 is 52.9 Å². The number of aliphatic carboxylic acids is 2. The van der Waals surface area contributed by atoms with Crippen LogP contribution in [0.25, 0.3) is 5.65 Å². The van der Waals surface area contributed by atoms with Crippen molar-refractivity contribution in [3.63, 3.8) is 0 Å². The highest BCUT2D eigenvalue weighted by Crippen LogP contribution is 2.41. The second-order valence-electron chi connectivity index (χ2n) is 8.93. The molecule has 3 aromatic rings. The van der Waals surface area contributed by atoms with Crippen LogP contribution in [0.3, 0.4) is 0 Å². The molecule has 40 heavy (non-hydrogen) atoms. The lowest BCUT2D eigenvalue weighted by molar-refractivity contribution is -0.150. The number of rotatable bonds is 10. The molecule has 208 valence electrons. The van der Waals surface area contributed by atoms with Crippen molar-refractivity contribution in [3.05, 3.63) is 69.3 Å². The zero-order valence-corrected chi connectivity index (χ0v) is 22.4. The number of nitrogens with zero attached hydrogens (tertiary/aromatic N) is 5. The average Bonchev–Trinajstić information content (AvgIpc) is 3.23. The number of fused-ring (bicyclic) bond motifs is 2. The molecule has 2 aromatic heterocycles. The summed E-state index contributed by atoms with van der Waals surface area (Å²) in [5.74, 6) is -2.86. The van der Waals surface area contributed by atoms with E-state index in [1.165, 1.54) is 22.7 Å². The summed E-state index contributed by atoms with van der Waals surface area (Å²) in [4.78, 5) is 62.4. The molecule has 5 rings (SSSR count). The molecule has 2 aliphatic heterocycles. The van der Waals surface area contributed by atoms with Gasteiger partial charge in [-0.2, -0.15) is 14.3 Å². The second kappa shape index (κ2) is 11.1. The second-order valence-corrected chi connectivity index (χ2v) is 11.0. The van der Waals surface area contributed by atoms with Gasteiger partial charge >= 0.3 is 17.6 Å². The number of nitrogens with one attached hydrogen (secondary N) is 1. The van der Waals surface area contributed by atoms with Crippen LogP contribution in [0.5, 0.6) is 0 Å². The highest BCUT2D eigenvalue weighted by Gasteiger charge is 2.54. The van der Waals surface area contributed by atoms with Crippen LogP contribution in [0.4, 0.5) is 0 Å². The lowest BCUT2D eigenvalue weighted by atomic mass is 10.0. The quantitative estimate of drug-likeness (QED) is 0.176. The predicted molar refractivity (Wildman–Crippen MR) is 143 cm³/mol. The van der Waals surface area contributed by atoms with Crippen LogP contribution < -0.4 is 16.7 Å². The number of amides is 2. The van der Waals surface area contributed by atoms with E-state index in [2.05, 4.69) is 15.5 Å². The highest BCUT2D eigenvalue weighted by atomic mass is 32.2. The fourth-order valence-corrected chi connectivity index (χ4v) is 6.82. The summed E-state index contributed by atoms with van der Waals surface area (Å²) in [7, 11) is 0. The van der Waals surface area contributed by atoms with Gasteiger partial charge in [-0.05, 0) is 28.8 Å². The average molecular weight is 586 g/mol. The van der Waals surface area contributed by atoms with Gasteiger partial charge in [0.05, 0.1) is 6.42 Å². The smallest absolute Gasteiger partial charge is 0.367 e. The third-order valence-corrected chi connectivity index (χ3v) is 8.70. The van der Waals surface area contributed by atoms with E-state index in [1.54, 1.807) is 18.2 Å². The minimum absolute atomic E-state index is 0.0493. The number of benzene rings is 1. The Morgan fingerprint density at radius 3 is 2.55 bits per heavy atom. The number of nitrogens with two attached hydrogens (primary N) is 1. The Hall–Kier alpha value is -4.15. The van der Waals surface area contributed by atoms with Crippen molar-refractivity contribution in [1.29, 1.82) is 0 Å². The summed E-state index contributed by atoms with van der Waals surface area (Å²) in [6.45, 7) is -0.329. The lowest BCUT2D eigenvalue weighted by Crippen LogP contribution is -2.70. The minimum Gasteiger partial charge on any atom is -0.480 e. The van der Waals surface area contributed by atoms with E-state index in [-0.39, 0.29) is 36.0 Å². The van der Waals surface area contributed by atoms with E-state index < -0.39 is 41.5 Å². The number of carbonyl (C=O) groups is 4. The van der Waals surface area contributed by atoms with Crippen LogP contribution in [0.15, 0.2) is 57.5 Å². The number of carbonyl (C=O) groups excluding carboxylic acids is 2.